The summed E-state index contributed by atoms with van der Waals surface area (Å²) in [6.45, 7) is 12.5. The van der Waals surface area contributed by atoms with Crippen molar-refractivity contribution in [2.75, 3.05) is 6.61 Å². The first kappa shape index (κ1) is 23.5. The van der Waals surface area contributed by atoms with E-state index in [2.05, 4.69) is 13.8 Å². The molecule has 0 bridgehead atoms. The number of phosphoric ester groups is 1. The molecule has 0 spiro atoms. The Labute approximate surface area is 176 Å². The lowest BCUT2D eigenvalue weighted by Crippen LogP contribution is -2.13. The molecule has 2 aromatic carbocycles. The highest BCUT2D eigenvalue weighted by atomic mass is 31.2. The van der Waals surface area contributed by atoms with Gasteiger partial charge in [0.15, 0.2) is 0 Å². The molecule has 2 rings (SSSR count). The summed E-state index contributed by atoms with van der Waals surface area (Å²) in [7, 11) is -3.86. The fraction of sp³-hybridized carbons (Fsp3) is 0.500. The van der Waals surface area contributed by atoms with Crippen LogP contribution in [0.4, 0.5) is 0 Å². The van der Waals surface area contributed by atoms with E-state index in [1.807, 2.05) is 52.0 Å². The molecule has 0 N–H and O–H groups in total. The molecule has 0 aliphatic heterocycles. The molecule has 0 fully saturated rings. The molecule has 4 nitrogen and oxygen atoms in total. The first-order valence-electron chi connectivity index (χ1n) is 10.6. The van der Waals surface area contributed by atoms with E-state index in [-0.39, 0.29) is 0 Å². The van der Waals surface area contributed by atoms with Gasteiger partial charge in [0.05, 0.1) is 6.61 Å². The fourth-order valence-electron chi connectivity index (χ4n) is 3.05. The zero-order valence-electron chi connectivity index (χ0n) is 18.7. The molecule has 160 valence electrons. The molecule has 0 aliphatic rings. The van der Waals surface area contributed by atoms with Crippen LogP contribution in [-0.4, -0.2) is 6.61 Å². The van der Waals surface area contributed by atoms with Crippen LogP contribution in [0, 0.1) is 33.6 Å². The Kier molecular flexibility index (Phi) is 8.79. The van der Waals surface area contributed by atoms with Crippen molar-refractivity contribution < 1.29 is 18.1 Å². The molecule has 0 aromatic heterocycles. The van der Waals surface area contributed by atoms with Crippen molar-refractivity contribution in [2.45, 2.75) is 67.2 Å². The summed E-state index contributed by atoms with van der Waals surface area (Å²) in [5, 5.41) is 0. The summed E-state index contributed by atoms with van der Waals surface area (Å²) in [6.07, 6.45) is 4.26. The summed E-state index contributed by atoms with van der Waals surface area (Å²) in [6, 6.07) is 11.4. The van der Waals surface area contributed by atoms with Crippen LogP contribution < -0.4 is 9.05 Å². The Morgan fingerprint density at radius 3 is 1.83 bits per heavy atom. The molecule has 1 atom stereocenters. The van der Waals surface area contributed by atoms with E-state index in [1.165, 1.54) is 0 Å². The van der Waals surface area contributed by atoms with Gasteiger partial charge in [-0.05, 0) is 74.4 Å². The molecule has 2 aromatic rings. The number of unbranched alkanes of at least 4 members (excludes halogenated alkanes) is 1. The average molecular weight is 419 g/mol. The summed E-state index contributed by atoms with van der Waals surface area (Å²) in [5.74, 6) is 1.38. The second-order valence-electron chi connectivity index (χ2n) is 7.74. The topological polar surface area (TPSA) is 44.8 Å². The van der Waals surface area contributed by atoms with Gasteiger partial charge in [-0.25, -0.2) is 4.57 Å². The van der Waals surface area contributed by atoms with Crippen LogP contribution in [0.3, 0.4) is 0 Å². The fourth-order valence-corrected chi connectivity index (χ4v) is 4.47. The third-order valence-corrected chi connectivity index (χ3v) is 6.85. The van der Waals surface area contributed by atoms with Crippen molar-refractivity contribution in [2.24, 2.45) is 5.92 Å². The van der Waals surface area contributed by atoms with Crippen LogP contribution in [0.25, 0.3) is 0 Å². The number of hydrogen-bond donors (Lipinski definition) is 0. The molecular formula is C24H35O4P. The molecule has 0 aliphatic carbocycles. The molecule has 5 heteroatoms. The smallest absolute Gasteiger partial charge is 0.395 e. The monoisotopic (exact) mass is 418 g/mol. The van der Waals surface area contributed by atoms with E-state index >= 15 is 0 Å². The van der Waals surface area contributed by atoms with Crippen molar-refractivity contribution in [1.82, 2.24) is 0 Å². The van der Waals surface area contributed by atoms with E-state index < -0.39 is 7.82 Å². The zero-order chi connectivity index (χ0) is 21.4. The minimum Gasteiger partial charge on any atom is -0.395 e. The van der Waals surface area contributed by atoms with E-state index in [1.54, 1.807) is 12.1 Å². The Morgan fingerprint density at radius 1 is 0.862 bits per heavy atom. The highest BCUT2D eigenvalue weighted by molar-refractivity contribution is 7.49. The number of phosphoric acid groups is 1. The van der Waals surface area contributed by atoms with Crippen LogP contribution in [0.15, 0.2) is 36.4 Å². The van der Waals surface area contributed by atoms with Crippen molar-refractivity contribution in [1.29, 1.82) is 0 Å². The van der Waals surface area contributed by atoms with Crippen molar-refractivity contribution in [3.05, 3.63) is 58.7 Å². The average Bonchev–Trinajstić information content (AvgIpc) is 2.69. The second-order valence-corrected chi connectivity index (χ2v) is 9.26. The first-order chi connectivity index (χ1) is 13.8. The first-order valence-corrected chi connectivity index (χ1v) is 12.0. The van der Waals surface area contributed by atoms with Gasteiger partial charge in [-0.15, -0.1) is 0 Å². The molecular weight excluding hydrogens is 383 g/mol. The van der Waals surface area contributed by atoms with Gasteiger partial charge in [-0.2, -0.15) is 0 Å². The second kappa shape index (κ2) is 10.8. The number of aryl methyl sites for hydroxylation is 2. The Hall–Kier alpha value is -1.77. The van der Waals surface area contributed by atoms with Crippen LogP contribution in [0.5, 0.6) is 11.5 Å². The minimum atomic E-state index is -3.86. The van der Waals surface area contributed by atoms with Crippen LogP contribution in [-0.2, 0) is 9.09 Å². The van der Waals surface area contributed by atoms with Gasteiger partial charge in [-0.3, -0.25) is 4.52 Å². The maximum Gasteiger partial charge on any atom is 0.587 e. The van der Waals surface area contributed by atoms with E-state index in [0.29, 0.717) is 24.0 Å². The predicted molar refractivity (Wildman–Crippen MR) is 120 cm³/mol. The molecule has 0 saturated heterocycles. The normalized spacial score (nSPS) is 12.6. The largest absolute Gasteiger partial charge is 0.587 e. The summed E-state index contributed by atoms with van der Waals surface area (Å²) >= 11 is 0. The predicted octanol–water partition coefficient (Wildman–Crippen LogP) is 7.72. The number of rotatable bonds is 11. The molecule has 0 radical (unpaired) electrons. The molecule has 0 heterocycles. The minimum absolute atomic E-state index is 0.327. The zero-order valence-corrected chi connectivity index (χ0v) is 19.6. The Morgan fingerprint density at radius 2 is 1.38 bits per heavy atom. The number of benzene rings is 2. The van der Waals surface area contributed by atoms with E-state index in [0.717, 1.165) is 47.9 Å². The third-order valence-electron chi connectivity index (χ3n) is 5.54. The van der Waals surface area contributed by atoms with Gasteiger partial charge in [-0.1, -0.05) is 57.4 Å². The molecule has 0 saturated carbocycles. The highest BCUT2D eigenvalue weighted by Crippen LogP contribution is 2.51. The van der Waals surface area contributed by atoms with Gasteiger partial charge in [0, 0.05) is 0 Å². The van der Waals surface area contributed by atoms with Gasteiger partial charge >= 0.3 is 7.82 Å². The third kappa shape index (κ3) is 6.62. The van der Waals surface area contributed by atoms with E-state index in [9.17, 15) is 4.57 Å². The van der Waals surface area contributed by atoms with Gasteiger partial charge in [0.25, 0.3) is 0 Å². The van der Waals surface area contributed by atoms with Gasteiger partial charge in [0.1, 0.15) is 11.5 Å². The SMILES string of the molecule is CCCCC(CC)COP(=O)(Oc1cccc(C)c1C)Oc1cccc(C)c1C. The van der Waals surface area contributed by atoms with Crippen LogP contribution in [0.1, 0.15) is 61.8 Å². The maximum absolute atomic E-state index is 13.7. The quantitative estimate of drug-likeness (QED) is 0.350. The highest BCUT2D eigenvalue weighted by Gasteiger charge is 2.33. The lowest BCUT2D eigenvalue weighted by molar-refractivity contribution is 0.170. The maximum atomic E-state index is 13.7. The molecule has 29 heavy (non-hydrogen) atoms. The van der Waals surface area contributed by atoms with Crippen LogP contribution >= 0.6 is 7.82 Å². The Balaban J connectivity index is 2.29. The summed E-state index contributed by atoms with van der Waals surface area (Å²) in [4.78, 5) is 0. The van der Waals surface area contributed by atoms with Crippen molar-refractivity contribution >= 4 is 7.82 Å². The standard InChI is InChI=1S/C24H35O4P/c1-7-9-14-22(8-2)17-26-29(25,27-23-15-10-12-18(3)20(23)5)28-24-16-11-13-19(4)21(24)6/h10-13,15-16,22H,7-9,14,17H2,1-6H3. The lowest BCUT2D eigenvalue weighted by atomic mass is 10.0. The lowest BCUT2D eigenvalue weighted by Gasteiger charge is -2.23. The number of hydrogen-bond acceptors (Lipinski definition) is 4. The molecule has 0 amide bonds. The van der Waals surface area contributed by atoms with E-state index in [4.69, 9.17) is 13.6 Å². The molecule has 1 unspecified atom stereocenters. The Bertz CT molecular complexity index is 789. The van der Waals surface area contributed by atoms with Gasteiger partial charge in [0.2, 0.25) is 0 Å². The van der Waals surface area contributed by atoms with Crippen molar-refractivity contribution in [3.8, 4) is 11.5 Å². The van der Waals surface area contributed by atoms with Gasteiger partial charge < -0.3 is 9.05 Å². The summed E-state index contributed by atoms with van der Waals surface area (Å²) < 4.78 is 31.4. The van der Waals surface area contributed by atoms with Crippen molar-refractivity contribution in [3.63, 3.8) is 0 Å². The summed E-state index contributed by atoms with van der Waals surface area (Å²) in [5.41, 5.74) is 3.99. The van der Waals surface area contributed by atoms with Crippen LogP contribution in [0.2, 0.25) is 0 Å².